The van der Waals surface area contributed by atoms with Crippen LogP contribution >= 0.6 is 0 Å². The van der Waals surface area contributed by atoms with Crippen molar-refractivity contribution in [2.75, 3.05) is 10.5 Å². The second kappa shape index (κ2) is 5.17. The number of nitrogens with zero attached hydrogens (tertiary/aromatic N) is 1. The molecule has 4 N–H and O–H groups in total. The predicted molar refractivity (Wildman–Crippen MR) is 72.9 cm³/mol. The normalized spacial score (nSPS) is 11.0. The smallest absolute Gasteiger partial charge is 0.337 e. The number of rotatable bonds is 4. The van der Waals surface area contributed by atoms with Crippen molar-refractivity contribution >= 4 is 27.4 Å². The number of anilines is 2. The van der Waals surface area contributed by atoms with Gasteiger partial charge in [0.25, 0.3) is 10.0 Å². The fourth-order valence-corrected chi connectivity index (χ4v) is 2.86. The van der Waals surface area contributed by atoms with Gasteiger partial charge in [-0.05, 0) is 30.3 Å². The fraction of sp³-hybridized carbons (Fsp3) is 0. The molecule has 1 heterocycles. The molecule has 2 aromatic rings. The molecule has 2 rings (SSSR count). The van der Waals surface area contributed by atoms with Crippen LogP contribution in [0, 0.1) is 0 Å². The molecule has 0 atom stereocenters. The number of nitrogen functional groups attached to an aromatic ring is 1. The van der Waals surface area contributed by atoms with E-state index in [-0.39, 0.29) is 21.8 Å². The second-order valence-electron chi connectivity index (χ2n) is 3.90. The highest BCUT2D eigenvalue weighted by atomic mass is 32.2. The van der Waals surface area contributed by atoms with E-state index >= 15 is 0 Å². The van der Waals surface area contributed by atoms with Gasteiger partial charge < -0.3 is 10.8 Å². The van der Waals surface area contributed by atoms with Crippen molar-refractivity contribution in [1.29, 1.82) is 0 Å². The summed E-state index contributed by atoms with van der Waals surface area (Å²) in [6, 6.07) is 6.48. The van der Waals surface area contributed by atoms with E-state index in [1.165, 1.54) is 30.6 Å². The Kier molecular flexibility index (Phi) is 3.57. The lowest BCUT2D eigenvalue weighted by Gasteiger charge is -2.10. The van der Waals surface area contributed by atoms with Gasteiger partial charge in [0.05, 0.1) is 11.3 Å². The number of aromatic carboxylic acids is 1. The quantitative estimate of drug-likeness (QED) is 0.727. The highest BCUT2D eigenvalue weighted by molar-refractivity contribution is 7.92. The SMILES string of the molecule is Nc1ccc(C(=O)O)c(S(=O)(=O)Nc2ccncc2)c1. The predicted octanol–water partition coefficient (Wildman–Crippen LogP) is 1.16. The lowest BCUT2D eigenvalue weighted by atomic mass is 10.2. The van der Waals surface area contributed by atoms with E-state index in [1.807, 2.05) is 0 Å². The van der Waals surface area contributed by atoms with Gasteiger partial charge in [-0.3, -0.25) is 9.71 Å². The van der Waals surface area contributed by atoms with Crippen molar-refractivity contribution in [2.24, 2.45) is 0 Å². The van der Waals surface area contributed by atoms with Crippen LogP contribution < -0.4 is 10.5 Å². The first kappa shape index (κ1) is 13.8. The number of sulfonamides is 1. The van der Waals surface area contributed by atoms with E-state index < -0.39 is 16.0 Å². The lowest BCUT2D eigenvalue weighted by Crippen LogP contribution is -2.17. The summed E-state index contributed by atoms with van der Waals surface area (Å²) in [7, 11) is -4.05. The fourth-order valence-electron chi connectivity index (χ4n) is 1.57. The summed E-state index contributed by atoms with van der Waals surface area (Å²) in [5, 5.41) is 9.04. The van der Waals surface area contributed by atoms with Gasteiger partial charge in [0.2, 0.25) is 0 Å². The van der Waals surface area contributed by atoms with Gasteiger partial charge in [0.1, 0.15) is 4.90 Å². The average molecular weight is 293 g/mol. The third kappa shape index (κ3) is 2.86. The minimum Gasteiger partial charge on any atom is -0.478 e. The number of pyridine rings is 1. The van der Waals surface area contributed by atoms with E-state index in [4.69, 9.17) is 10.8 Å². The number of hydrogen-bond donors (Lipinski definition) is 3. The first-order valence-electron chi connectivity index (χ1n) is 5.46. The third-order valence-corrected chi connectivity index (χ3v) is 3.88. The van der Waals surface area contributed by atoms with Gasteiger partial charge >= 0.3 is 5.97 Å². The van der Waals surface area contributed by atoms with Crippen molar-refractivity contribution in [1.82, 2.24) is 4.98 Å². The van der Waals surface area contributed by atoms with Crippen molar-refractivity contribution in [3.05, 3.63) is 48.3 Å². The number of carboxylic acids is 1. The van der Waals surface area contributed by atoms with Crippen LogP contribution in [0.15, 0.2) is 47.6 Å². The summed E-state index contributed by atoms with van der Waals surface area (Å²) < 4.78 is 26.7. The van der Waals surface area contributed by atoms with E-state index in [9.17, 15) is 13.2 Å². The molecule has 1 aromatic heterocycles. The number of benzene rings is 1. The highest BCUT2D eigenvalue weighted by Crippen LogP contribution is 2.22. The Morgan fingerprint density at radius 1 is 1.20 bits per heavy atom. The first-order valence-corrected chi connectivity index (χ1v) is 6.94. The van der Waals surface area contributed by atoms with Gasteiger partial charge in [-0.25, -0.2) is 13.2 Å². The molecule has 0 saturated carbocycles. The van der Waals surface area contributed by atoms with Crippen LogP contribution in [0.4, 0.5) is 11.4 Å². The van der Waals surface area contributed by atoms with E-state index in [2.05, 4.69) is 9.71 Å². The van der Waals surface area contributed by atoms with Crippen molar-refractivity contribution < 1.29 is 18.3 Å². The maximum atomic E-state index is 12.2. The number of hydrogen-bond acceptors (Lipinski definition) is 5. The van der Waals surface area contributed by atoms with Gasteiger partial charge in [-0.15, -0.1) is 0 Å². The maximum Gasteiger partial charge on any atom is 0.337 e. The van der Waals surface area contributed by atoms with E-state index in [0.29, 0.717) is 0 Å². The van der Waals surface area contributed by atoms with Gasteiger partial charge in [-0.1, -0.05) is 0 Å². The van der Waals surface area contributed by atoms with Crippen LogP contribution in [0.3, 0.4) is 0 Å². The Balaban J connectivity index is 2.49. The summed E-state index contributed by atoms with van der Waals surface area (Å²) in [5.74, 6) is -1.35. The molecule has 20 heavy (non-hydrogen) atoms. The Bertz CT molecular complexity index is 745. The zero-order chi connectivity index (χ0) is 14.8. The molecule has 0 amide bonds. The van der Waals surface area contributed by atoms with Crippen LogP contribution in [0.2, 0.25) is 0 Å². The number of nitrogens with one attached hydrogen (secondary N) is 1. The summed E-state index contributed by atoms with van der Waals surface area (Å²) in [6.45, 7) is 0. The van der Waals surface area contributed by atoms with Crippen molar-refractivity contribution in [3.63, 3.8) is 0 Å². The van der Waals surface area contributed by atoms with Crippen molar-refractivity contribution in [2.45, 2.75) is 4.90 Å². The molecule has 0 aliphatic carbocycles. The van der Waals surface area contributed by atoms with Crippen LogP contribution in [-0.2, 0) is 10.0 Å². The Hall–Kier alpha value is -2.61. The topological polar surface area (TPSA) is 122 Å². The molecule has 8 heteroatoms. The standard InChI is InChI=1S/C12H11N3O4S/c13-8-1-2-10(12(16)17)11(7-8)20(18,19)15-9-3-5-14-6-4-9/h1-7H,13H2,(H,14,15)(H,16,17). The number of aromatic nitrogens is 1. The van der Waals surface area contributed by atoms with E-state index in [0.717, 1.165) is 12.1 Å². The lowest BCUT2D eigenvalue weighted by molar-refractivity contribution is 0.0692. The molecule has 7 nitrogen and oxygen atoms in total. The molecule has 1 aromatic carbocycles. The molecular formula is C12H11N3O4S. The third-order valence-electron chi connectivity index (χ3n) is 2.46. The van der Waals surface area contributed by atoms with Gasteiger partial charge in [0, 0.05) is 18.1 Å². The Labute approximate surface area is 115 Å². The molecule has 0 radical (unpaired) electrons. The van der Waals surface area contributed by atoms with Crippen LogP contribution in [0.1, 0.15) is 10.4 Å². The Morgan fingerprint density at radius 3 is 2.45 bits per heavy atom. The van der Waals surface area contributed by atoms with Crippen molar-refractivity contribution in [3.8, 4) is 0 Å². The molecule has 0 fully saturated rings. The molecule has 0 spiro atoms. The molecule has 104 valence electrons. The molecule has 0 unspecified atom stereocenters. The molecule has 0 saturated heterocycles. The van der Waals surface area contributed by atoms with Gasteiger partial charge in [0.15, 0.2) is 0 Å². The average Bonchev–Trinajstić information content (AvgIpc) is 2.39. The number of carbonyl (C=O) groups is 1. The molecule has 0 aliphatic heterocycles. The first-order chi connectivity index (χ1) is 9.40. The minimum atomic E-state index is -4.05. The maximum absolute atomic E-state index is 12.2. The Morgan fingerprint density at radius 2 is 1.85 bits per heavy atom. The number of nitrogens with two attached hydrogens (primary N) is 1. The monoisotopic (exact) mass is 293 g/mol. The summed E-state index contributed by atoms with van der Waals surface area (Å²) in [4.78, 5) is 14.5. The zero-order valence-corrected chi connectivity index (χ0v) is 11.0. The second-order valence-corrected chi connectivity index (χ2v) is 5.55. The van der Waals surface area contributed by atoms with Crippen LogP contribution in [0.25, 0.3) is 0 Å². The largest absolute Gasteiger partial charge is 0.478 e. The number of carboxylic acid groups (broad SMARTS) is 1. The molecule has 0 aliphatic rings. The minimum absolute atomic E-state index is 0.158. The van der Waals surface area contributed by atoms with Gasteiger partial charge in [-0.2, -0.15) is 0 Å². The summed E-state index contributed by atoms with van der Waals surface area (Å²) in [5.41, 5.74) is 5.61. The summed E-state index contributed by atoms with van der Waals surface area (Å²) >= 11 is 0. The summed E-state index contributed by atoms with van der Waals surface area (Å²) in [6.07, 6.45) is 2.82. The van der Waals surface area contributed by atoms with E-state index in [1.54, 1.807) is 0 Å². The molecular weight excluding hydrogens is 282 g/mol. The highest BCUT2D eigenvalue weighted by Gasteiger charge is 2.22. The van der Waals surface area contributed by atoms with Crippen LogP contribution in [-0.4, -0.2) is 24.5 Å². The molecule has 0 bridgehead atoms. The zero-order valence-electron chi connectivity index (χ0n) is 10.1. The van der Waals surface area contributed by atoms with Crippen LogP contribution in [0.5, 0.6) is 0 Å².